The molecular formula is C18H17N3O4. The molecule has 2 aromatic rings. The topological polar surface area (TPSA) is 79.9 Å². The standard InChI is InChI=1S/C18H17N3O4/c1-21(9-11-2-5-15-16(6-11)25-10-24-15)18(23)19-13-3-4-14-12(7-13)8-17(22)20-14/h2-7H,8-10H2,1H3,(H,19,23)(H,20,22). The largest absolute Gasteiger partial charge is 0.454 e. The second-order valence-corrected chi connectivity index (χ2v) is 6.07. The molecule has 0 unspecified atom stereocenters. The van der Waals surface area contributed by atoms with Crippen LogP contribution in [0.4, 0.5) is 16.2 Å². The molecule has 0 radical (unpaired) electrons. The summed E-state index contributed by atoms with van der Waals surface area (Å²) in [5.41, 5.74) is 3.31. The molecule has 3 amide bonds. The number of fused-ring (bicyclic) bond motifs is 2. The van der Waals surface area contributed by atoms with Crippen LogP contribution >= 0.6 is 0 Å². The van der Waals surface area contributed by atoms with Gasteiger partial charge in [0.2, 0.25) is 12.7 Å². The van der Waals surface area contributed by atoms with E-state index in [0.29, 0.717) is 24.4 Å². The quantitative estimate of drug-likeness (QED) is 0.901. The Morgan fingerprint density at radius 2 is 2.04 bits per heavy atom. The van der Waals surface area contributed by atoms with Crippen molar-refractivity contribution in [3.8, 4) is 11.5 Å². The van der Waals surface area contributed by atoms with Gasteiger partial charge in [0.1, 0.15) is 0 Å². The number of nitrogens with one attached hydrogen (secondary N) is 2. The van der Waals surface area contributed by atoms with E-state index in [4.69, 9.17) is 9.47 Å². The molecule has 0 aromatic heterocycles. The first-order chi connectivity index (χ1) is 12.1. The van der Waals surface area contributed by atoms with Crippen molar-refractivity contribution in [2.75, 3.05) is 24.5 Å². The molecule has 25 heavy (non-hydrogen) atoms. The van der Waals surface area contributed by atoms with E-state index in [2.05, 4.69) is 10.6 Å². The van der Waals surface area contributed by atoms with Crippen molar-refractivity contribution in [2.24, 2.45) is 0 Å². The monoisotopic (exact) mass is 339 g/mol. The molecule has 7 heteroatoms. The van der Waals surface area contributed by atoms with E-state index in [0.717, 1.165) is 22.6 Å². The first-order valence-electron chi connectivity index (χ1n) is 7.92. The third kappa shape index (κ3) is 3.08. The SMILES string of the molecule is CN(Cc1ccc2c(c1)OCO2)C(=O)Nc1ccc2c(c1)CC(=O)N2. The molecule has 2 heterocycles. The van der Waals surface area contributed by atoms with E-state index in [1.807, 2.05) is 24.3 Å². The van der Waals surface area contributed by atoms with Gasteiger partial charge in [0.05, 0.1) is 6.42 Å². The molecule has 2 aromatic carbocycles. The lowest BCUT2D eigenvalue weighted by Crippen LogP contribution is -2.30. The van der Waals surface area contributed by atoms with Gasteiger partial charge in [-0.3, -0.25) is 4.79 Å². The Balaban J connectivity index is 1.41. The van der Waals surface area contributed by atoms with E-state index in [9.17, 15) is 9.59 Å². The Bertz CT molecular complexity index is 865. The average molecular weight is 339 g/mol. The van der Waals surface area contributed by atoms with Crippen molar-refractivity contribution in [3.63, 3.8) is 0 Å². The predicted molar refractivity (Wildman–Crippen MR) is 91.8 cm³/mol. The van der Waals surface area contributed by atoms with Gasteiger partial charge in [-0.05, 0) is 41.5 Å². The molecule has 0 saturated carbocycles. The fourth-order valence-electron chi connectivity index (χ4n) is 2.91. The summed E-state index contributed by atoms with van der Waals surface area (Å²) in [6.45, 7) is 0.665. The fourth-order valence-corrected chi connectivity index (χ4v) is 2.91. The van der Waals surface area contributed by atoms with Crippen LogP contribution in [0.5, 0.6) is 11.5 Å². The number of rotatable bonds is 3. The van der Waals surface area contributed by atoms with Gasteiger partial charge in [-0.15, -0.1) is 0 Å². The molecule has 2 aliphatic heterocycles. The van der Waals surface area contributed by atoms with Crippen molar-refractivity contribution in [2.45, 2.75) is 13.0 Å². The minimum absolute atomic E-state index is 0.0293. The van der Waals surface area contributed by atoms with E-state index < -0.39 is 0 Å². The summed E-state index contributed by atoms with van der Waals surface area (Å²) in [6.07, 6.45) is 0.339. The maximum atomic E-state index is 12.4. The van der Waals surface area contributed by atoms with Gasteiger partial charge in [-0.25, -0.2) is 4.79 Å². The van der Waals surface area contributed by atoms with Crippen LogP contribution in [0, 0.1) is 0 Å². The number of carbonyl (C=O) groups is 2. The van der Waals surface area contributed by atoms with Crippen molar-refractivity contribution in [1.29, 1.82) is 0 Å². The van der Waals surface area contributed by atoms with Crippen LogP contribution in [0.3, 0.4) is 0 Å². The highest BCUT2D eigenvalue weighted by molar-refractivity contribution is 6.00. The third-order valence-electron chi connectivity index (χ3n) is 4.19. The van der Waals surface area contributed by atoms with Gasteiger partial charge < -0.3 is 25.0 Å². The lowest BCUT2D eigenvalue weighted by molar-refractivity contribution is -0.115. The highest BCUT2D eigenvalue weighted by Gasteiger charge is 2.19. The zero-order valence-electron chi connectivity index (χ0n) is 13.7. The van der Waals surface area contributed by atoms with Gasteiger partial charge >= 0.3 is 6.03 Å². The third-order valence-corrected chi connectivity index (χ3v) is 4.19. The second-order valence-electron chi connectivity index (χ2n) is 6.07. The molecule has 0 atom stereocenters. The molecular weight excluding hydrogens is 322 g/mol. The lowest BCUT2D eigenvalue weighted by Gasteiger charge is -2.18. The highest BCUT2D eigenvalue weighted by atomic mass is 16.7. The fraction of sp³-hybridized carbons (Fsp3) is 0.222. The van der Waals surface area contributed by atoms with Gasteiger partial charge in [0.15, 0.2) is 11.5 Å². The number of anilines is 2. The van der Waals surface area contributed by atoms with Crippen LogP contribution in [0.25, 0.3) is 0 Å². The number of ether oxygens (including phenoxy) is 2. The molecule has 0 bridgehead atoms. The number of amides is 3. The molecule has 0 aliphatic carbocycles. The number of carbonyl (C=O) groups excluding carboxylic acids is 2. The van der Waals surface area contributed by atoms with Crippen molar-refractivity contribution in [1.82, 2.24) is 4.90 Å². The Morgan fingerprint density at radius 3 is 2.92 bits per heavy atom. The van der Waals surface area contributed by atoms with Gasteiger partial charge in [-0.1, -0.05) is 6.07 Å². The minimum Gasteiger partial charge on any atom is -0.454 e. The molecule has 2 aliphatic rings. The van der Waals surface area contributed by atoms with Crippen LogP contribution in [-0.4, -0.2) is 30.7 Å². The first-order valence-corrected chi connectivity index (χ1v) is 7.92. The normalized spacial score (nSPS) is 14.0. The summed E-state index contributed by atoms with van der Waals surface area (Å²) < 4.78 is 10.6. The van der Waals surface area contributed by atoms with Crippen molar-refractivity contribution >= 4 is 23.3 Å². The van der Waals surface area contributed by atoms with E-state index in [-0.39, 0.29) is 18.7 Å². The summed E-state index contributed by atoms with van der Waals surface area (Å²) >= 11 is 0. The maximum absolute atomic E-state index is 12.4. The maximum Gasteiger partial charge on any atom is 0.321 e. The summed E-state index contributed by atoms with van der Waals surface area (Å²) in [4.78, 5) is 25.4. The molecule has 0 fully saturated rings. The van der Waals surface area contributed by atoms with Crippen LogP contribution in [0.15, 0.2) is 36.4 Å². The van der Waals surface area contributed by atoms with E-state index in [1.54, 1.807) is 24.1 Å². The second kappa shape index (κ2) is 6.01. The summed E-state index contributed by atoms with van der Waals surface area (Å²) in [5, 5.41) is 5.62. The zero-order valence-corrected chi connectivity index (χ0v) is 13.7. The Morgan fingerprint density at radius 1 is 1.20 bits per heavy atom. The van der Waals surface area contributed by atoms with Gasteiger partial charge in [-0.2, -0.15) is 0 Å². The smallest absolute Gasteiger partial charge is 0.321 e. The number of benzene rings is 2. The van der Waals surface area contributed by atoms with Crippen LogP contribution in [0.2, 0.25) is 0 Å². The molecule has 0 spiro atoms. The highest BCUT2D eigenvalue weighted by Crippen LogP contribution is 2.32. The summed E-state index contributed by atoms with van der Waals surface area (Å²) in [6, 6.07) is 10.8. The molecule has 0 saturated heterocycles. The van der Waals surface area contributed by atoms with Gasteiger partial charge in [0.25, 0.3) is 0 Å². The Kier molecular flexibility index (Phi) is 3.68. The number of urea groups is 1. The molecule has 128 valence electrons. The molecule has 2 N–H and O–H groups in total. The van der Waals surface area contributed by atoms with Crippen molar-refractivity contribution < 1.29 is 19.1 Å². The van der Waals surface area contributed by atoms with Gasteiger partial charge in [0, 0.05) is 25.0 Å². The molecule has 7 nitrogen and oxygen atoms in total. The van der Waals surface area contributed by atoms with Crippen molar-refractivity contribution in [3.05, 3.63) is 47.5 Å². The Hall–Kier alpha value is -3.22. The predicted octanol–water partition coefficient (Wildman–Crippen LogP) is 2.57. The summed E-state index contributed by atoms with van der Waals surface area (Å²) in [7, 11) is 1.72. The van der Waals surface area contributed by atoms with E-state index in [1.165, 1.54) is 0 Å². The number of nitrogens with zero attached hydrogens (tertiary/aromatic N) is 1. The lowest BCUT2D eigenvalue weighted by atomic mass is 10.1. The number of hydrogen-bond donors (Lipinski definition) is 2. The minimum atomic E-state index is -0.227. The zero-order chi connectivity index (χ0) is 17.4. The first kappa shape index (κ1) is 15.3. The number of hydrogen-bond acceptors (Lipinski definition) is 4. The van der Waals surface area contributed by atoms with Crippen LogP contribution < -0.4 is 20.1 Å². The van der Waals surface area contributed by atoms with Crippen LogP contribution in [0.1, 0.15) is 11.1 Å². The Labute approximate surface area is 144 Å². The summed E-state index contributed by atoms with van der Waals surface area (Å²) in [5.74, 6) is 1.39. The van der Waals surface area contributed by atoms with E-state index >= 15 is 0 Å². The molecule has 4 rings (SSSR count). The average Bonchev–Trinajstić information content (AvgIpc) is 3.19. The van der Waals surface area contributed by atoms with Crippen LogP contribution in [-0.2, 0) is 17.8 Å².